The van der Waals surface area contributed by atoms with Crippen molar-refractivity contribution in [3.63, 3.8) is 0 Å². The van der Waals surface area contributed by atoms with Crippen LogP contribution in [0.3, 0.4) is 0 Å². The third-order valence-electron chi connectivity index (χ3n) is 6.56. The van der Waals surface area contributed by atoms with Crippen molar-refractivity contribution in [3.05, 3.63) is 29.3 Å². The highest BCUT2D eigenvalue weighted by Gasteiger charge is 2.30. The molecule has 2 fully saturated rings. The molecule has 2 aliphatic heterocycles. The summed E-state index contributed by atoms with van der Waals surface area (Å²) in [6.07, 6.45) is 4.15. The molecular formula is C27H42N4O5. The Morgan fingerprint density at radius 2 is 1.81 bits per heavy atom. The summed E-state index contributed by atoms with van der Waals surface area (Å²) in [5.74, 6) is -0.506. The van der Waals surface area contributed by atoms with Gasteiger partial charge in [-0.15, -0.1) is 0 Å². The topological polar surface area (TPSA) is 99.3 Å². The average Bonchev–Trinajstić information content (AvgIpc) is 2.84. The lowest BCUT2D eigenvalue weighted by Gasteiger charge is -2.36. The number of rotatable bonds is 9. The summed E-state index contributed by atoms with van der Waals surface area (Å²) in [5, 5.41) is 2.39. The van der Waals surface area contributed by atoms with Crippen molar-refractivity contribution in [2.75, 3.05) is 51.8 Å². The highest BCUT2D eigenvalue weighted by atomic mass is 16.5. The van der Waals surface area contributed by atoms with Crippen LogP contribution in [0.15, 0.2) is 18.2 Å². The summed E-state index contributed by atoms with van der Waals surface area (Å²) >= 11 is 0. The predicted molar refractivity (Wildman–Crippen MR) is 140 cm³/mol. The van der Waals surface area contributed by atoms with E-state index in [1.165, 1.54) is 0 Å². The van der Waals surface area contributed by atoms with Gasteiger partial charge in [-0.25, -0.2) is 0 Å². The zero-order valence-corrected chi connectivity index (χ0v) is 22.4. The van der Waals surface area contributed by atoms with Crippen molar-refractivity contribution in [2.45, 2.75) is 64.6 Å². The minimum absolute atomic E-state index is 0.0417. The largest absolute Gasteiger partial charge is 0.379 e. The van der Waals surface area contributed by atoms with E-state index < -0.39 is 0 Å². The Bertz CT molecular complexity index is 891. The van der Waals surface area contributed by atoms with Gasteiger partial charge in [0.25, 0.3) is 0 Å². The number of aldehydes is 2. The smallest absolute Gasteiger partial charge is 0.243 e. The number of amides is 2. The van der Waals surface area contributed by atoms with Crippen molar-refractivity contribution >= 4 is 30.1 Å². The first-order valence-electron chi connectivity index (χ1n) is 12.7. The molecule has 2 heterocycles. The minimum atomic E-state index is -0.374. The van der Waals surface area contributed by atoms with Crippen molar-refractivity contribution in [2.24, 2.45) is 0 Å². The standard InChI is InChI=1S/C22H30N4O4.C5H12O/c1-24(20-6-7-21(29)23-22(20)30)15-18-14-19(5-4-17(18)16-28)26-11-9-25(10-12-26)8-2-3-13-27;1-5(2,3)6-4/h4-5,13-14,16,20H,2-3,6-12,15H2,1H3,(H,23,29,30);1-4H3. The van der Waals surface area contributed by atoms with Gasteiger partial charge in [0.2, 0.25) is 11.8 Å². The number of anilines is 1. The number of piperidine rings is 1. The van der Waals surface area contributed by atoms with E-state index in [2.05, 4.69) is 15.1 Å². The summed E-state index contributed by atoms with van der Waals surface area (Å²) in [5.41, 5.74) is 2.60. The number of ether oxygens (including phenoxy) is 1. The predicted octanol–water partition coefficient (Wildman–Crippen LogP) is 2.27. The number of carbonyl (C=O) groups excluding carboxylic acids is 4. The zero-order chi connectivity index (χ0) is 26.7. The van der Waals surface area contributed by atoms with Gasteiger partial charge in [0.05, 0.1) is 11.6 Å². The molecule has 1 N–H and O–H groups in total. The Labute approximate surface area is 215 Å². The number of benzene rings is 1. The van der Waals surface area contributed by atoms with Gasteiger partial charge >= 0.3 is 0 Å². The molecule has 200 valence electrons. The van der Waals surface area contributed by atoms with Crippen LogP contribution in [0.25, 0.3) is 0 Å². The molecule has 0 bridgehead atoms. The minimum Gasteiger partial charge on any atom is -0.379 e. The second kappa shape index (κ2) is 14.2. The van der Waals surface area contributed by atoms with Crippen LogP contribution in [0.4, 0.5) is 5.69 Å². The van der Waals surface area contributed by atoms with Gasteiger partial charge in [-0.05, 0) is 71.0 Å². The van der Waals surface area contributed by atoms with Crippen LogP contribution in [0.5, 0.6) is 0 Å². The molecule has 9 nitrogen and oxygen atoms in total. The van der Waals surface area contributed by atoms with Crippen LogP contribution in [0.1, 0.15) is 62.4 Å². The van der Waals surface area contributed by atoms with Gasteiger partial charge in [-0.2, -0.15) is 0 Å². The summed E-state index contributed by atoms with van der Waals surface area (Å²) in [6.45, 7) is 11.1. The first kappa shape index (κ1) is 29.6. The molecule has 2 saturated heterocycles. The fourth-order valence-corrected chi connectivity index (χ4v) is 4.15. The zero-order valence-electron chi connectivity index (χ0n) is 22.4. The molecule has 1 unspecified atom stereocenters. The molecule has 0 aliphatic carbocycles. The van der Waals surface area contributed by atoms with Crippen LogP contribution < -0.4 is 10.2 Å². The monoisotopic (exact) mass is 502 g/mol. The number of hydrogen-bond acceptors (Lipinski definition) is 8. The van der Waals surface area contributed by atoms with Crippen LogP contribution in [-0.2, 0) is 25.7 Å². The molecule has 1 aromatic rings. The van der Waals surface area contributed by atoms with Crippen LogP contribution in [0.2, 0.25) is 0 Å². The Kier molecular flexibility index (Phi) is 11.7. The van der Waals surface area contributed by atoms with Gasteiger partial charge in [-0.1, -0.05) is 0 Å². The lowest BCUT2D eigenvalue weighted by atomic mass is 10.0. The number of methoxy groups -OCH3 is 1. The van der Waals surface area contributed by atoms with E-state index in [-0.39, 0.29) is 23.5 Å². The molecule has 36 heavy (non-hydrogen) atoms. The number of likely N-dealkylation sites (N-methyl/N-ethyl adjacent to an activating group) is 1. The lowest BCUT2D eigenvalue weighted by molar-refractivity contribution is -0.137. The van der Waals surface area contributed by atoms with Gasteiger partial charge in [0.15, 0.2) is 0 Å². The second-order valence-corrected chi connectivity index (χ2v) is 10.3. The highest BCUT2D eigenvalue weighted by Crippen LogP contribution is 2.23. The highest BCUT2D eigenvalue weighted by molar-refractivity contribution is 6.00. The number of piperazine rings is 1. The third-order valence-corrected chi connectivity index (χ3v) is 6.56. The molecule has 0 saturated carbocycles. The van der Waals surface area contributed by atoms with Crippen LogP contribution in [0, 0.1) is 0 Å². The number of hydrogen-bond donors (Lipinski definition) is 1. The number of nitrogens with one attached hydrogen (secondary N) is 1. The quantitative estimate of drug-likeness (QED) is 0.312. The summed E-state index contributed by atoms with van der Waals surface area (Å²) in [4.78, 5) is 52.2. The van der Waals surface area contributed by atoms with Crippen molar-refractivity contribution < 1.29 is 23.9 Å². The molecule has 3 rings (SSSR count). The van der Waals surface area contributed by atoms with E-state index in [4.69, 9.17) is 4.74 Å². The molecule has 0 aromatic heterocycles. The number of unbranched alkanes of at least 4 members (excludes halogenated alkanes) is 1. The van der Waals surface area contributed by atoms with E-state index >= 15 is 0 Å². The Morgan fingerprint density at radius 1 is 1.14 bits per heavy atom. The first-order chi connectivity index (χ1) is 17.1. The van der Waals surface area contributed by atoms with Crippen molar-refractivity contribution in [1.82, 2.24) is 15.1 Å². The van der Waals surface area contributed by atoms with E-state index in [1.54, 1.807) is 7.11 Å². The normalized spacial score (nSPS) is 18.9. The van der Waals surface area contributed by atoms with Gasteiger partial charge in [0.1, 0.15) is 12.6 Å². The molecule has 0 spiro atoms. The summed E-state index contributed by atoms with van der Waals surface area (Å²) < 4.78 is 4.94. The fraction of sp³-hybridized carbons (Fsp3) is 0.630. The molecule has 2 aliphatic rings. The summed E-state index contributed by atoms with van der Waals surface area (Å²) in [6, 6.07) is 5.47. The number of carbonyl (C=O) groups is 4. The molecular weight excluding hydrogens is 460 g/mol. The van der Waals surface area contributed by atoms with E-state index in [9.17, 15) is 19.2 Å². The molecule has 9 heteroatoms. The van der Waals surface area contributed by atoms with Crippen molar-refractivity contribution in [1.29, 1.82) is 0 Å². The van der Waals surface area contributed by atoms with Gasteiger partial charge < -0.3 is 14.4 Å². The van der Waals surface area contributed by atoms with E-state index in [0.29, 0.717) is 31.4 Å². The summed E-state index contributed by atoms with van der Waals surface area (Å²) in [7, 11) is 3.55. The Balaban J connectivity index is 0.000000678. The van der Waals surface area contributed by atoms with Gasteiger partial charge in [-0.3, -0.25) is 29.5 Å². The molecule has 2 amide bonds. The number of imide groups is 1. The second-order valence-electron chi connectivity index (χ2n) is 10.3. The fourth-order valence-electron chi connectivity index (χ4n) is 4.15. The lowest BCUT2D eigenvalue weighted by Crippen LogP contribution is -2.51. The van der Waals surface area contributed by atoms with Crippen molar-refractivity contribution in [3.8, 4) is 0 Å². The maximum absolute atomic E-state index is 12.2. The average molecular weight is 503 g/mol. The SMILES string of the molecule is CN(Cc1cc(N2CCN(CCCC=O)CC2)ccc1C=O)C1CCC(=O)NC1=O.COC(C)(C)C. The molecule has 1 aromatic carbocycles. The van der Waals surface area contributed by atoms with E-state index in [0.717, 1.165) is 63.0 Å². The van der Waals surface area contributed by atoms with Crippen LogP contribution in [-0.4, -0.2) is 92.7 Å². The number of nitrogens with zero attached hydrogens (tertiary/aromatic N) is 3. The Morgan fingerprint density at radius 3 is 2.36 bits per heavy atom. The third kappa shape index (κ3) is 9.44. The maximum atomic E-state index is 12.2. The van der Waals surface area contributed by atoms with E-state index in [1.807, 2.05) is 50.9 Å². The molecule has 1 atom stereocenters. The first-order valence-corrected chi connectivity index (χ1v) is 12.7. The van der Waals surface area contributed by atoms with Gasteiger partial charge in [0, 0.05) is 63.9 Å². The Hall–Kier alpha value is -2.62. The maximum Gasteiger partial charge on any atom is 0.243 e. The van der Waals surface area contributed by atoms with Crippen LogP contribution >= 0.6 is 0 Å². The molecule has 0 radical (unpaired) electrons.